The summed E-state index contributed by atoms with van der Waals surface area (Å²) < 4.78 is 11.1. The van der Waals surface area contributed by atoms with Crippen molar-refractivity contribution in [2.24, 2.45) is 0 Å². The summed E-state index contributed by atoms with van der Waals surface area (Å²) in [6, 6.07) is 10.2. The van der Waals surface area contributed by atoms with Gasteiger partial charge < -0.3 is 9.47 Å². The maximum Gasteiger partial charge on any atom is 0.0780 e. The molecule has 1 aromatic carbocycles. The first kappa shape index (κ1) is 13.0. The third-order valence-electron chi connectivity index (χ3n) is 2.78. The first-order valence-corrected chi connectivity index (χ1v) is 6.33. The van der Waals surface area contributed by atoms with Crippen molar-refractivity contribution in [1.29, 1.82) is 0 Å². The van der Waals surface area contributed by atoms with Crippen LogP contribution in [0.3, 0.4) is 0 Å². The van der Waals surface area contributed by atoms with Crippen LogP contribution in [-0.4, -0.2) is 24.3 Å². The van der Waals surface area contributed by atoms with Gasteiger partial charge in [-0.25, -0.2) is 0 Å². The molecule has 0 aliphatic rings. The van der Waals surface area contributed by atoms with Crippen LogP contribution in [0.1, 0.15) is 19.4 Å². The Morgan fingerprint density at radius 2 is 2.06 bits per heavy atom. The fourth-order valence-electron chi connectivity index (χ4n) is 1.95. The van der Waals surface area contributed by atoms with E-state index in [2.05, 4.69) is 23.2 Å². The van der Waals surface area contributed by atoms with E-state index in [1.807, 2.05) is 32.2 Å². The lowest BCUT2D eigenvalue weighted by atomic mass is 10.1. The molecule has 3 heteroatoms. The van der Waals surface area contributed by atoms with Gasteiger partial charge in [-0.2, -0.15) is 0 Å². The first-order valence-electron chi connectivity index (χ1n) is 6.33. The second-order valence-corrected chi connectivity index (χ2v) is 4.27. The predicted octanol–water partition coefficient (Wildman–Crippen LogP) is 3.18. The van der Waals surface area contributed by atoms with E-state index in [0.29, 0.717) is 13.2 Å². The molecule has 0 saturated carbocycles. The Balaban J connectivity index is 1.99. The third kappa shape index (κ3) is 3.28. The van der Waals surface area contributed by atoms with Crippen molar-refractivity contribution in [2.75, 3.05) is 13.2 Å². The molecule has 0 aliphatic carbocycles. The lowest BCUT2D eigenvalue weighted by Gasteiger charge is -2.12. The molecule has 1 unspecified atom stereocenters. The lowest BCUT2D eigenvalue weighted by Crippen LogP contribution is -2.15. The number of fused-ring (bicyclic) bond motifs is 1. The largest absolute Gasteiger partial charge is 0.376 e. The molecule has 2 aromatic rings. The highest BCUT2D eigenvalue weighted by Gasteiger charge is 2.04. The summed E-state index contributed by atoms with van der Waals surface area (Å²) in [6.07, 6.45) is 1.95. The molecule has 0 aliphatic heterocycles. The van der Waals surface area contributed by atoms with E-state index in [4.69, 9.17) is 9.47 Å². The Labute approximate surface area is 108 Å². The van der Waals surface area contributed by atoms with Gasteiger partial charge in [-0.3, -0.25) is 4.98 Å². The van der Waals surface area contributed by atoms with Crippen LogP contribution in [0.4, 0.5) is 0 Å². The van der Waals surface area contributed by atoms with Crippen LogP contribution in [0.15, 0.2) is 36.5 Å². The second-order valence-electron chi connectivity index (χ2n) is 4.27. The maximum atomic E-state index is 5.68. The number of para-hydroxylation sites is 1. The number of pyridine rings is 1. The zero-order chi connectivity index (χ0) is 12.8. The average molecular weight is 245 g/mol. The highest BCUT2D eigenvalue weighted by molar-refractivity contribution is 5.81. The number of hydrogen-bond donors (Lipinski definition) is 0. The minimum Gasteiger partial charge on any atom is -0.376 e. The number of nitrogens with zero attached hydrogens (tertiary/aromatic N) is 1. The Kier molecular flexibility index (Phi) is 4.67. The molecule has 1 atom stereocenters. The van der Waals surface area contributed by atoms with E-state index < -0.39 is 0 Å². The van der Waals surface area contributed by atoms with Crippen molar-refractivity contribution < 1.29 is 9.47 Å². The minimum atomic E-state index is 0.137. The van der Waals surface area contributed by atoms with Crippen molar-refractivity contribution in [2.45, 2.75) is 26.6 Å². The van der Waals surface area contributed by atoms with Gasteiger partial charge in [0.25, 0.3) is 0 Å². The number of hydrogen-bond acceptors (Lipinski definition) is 3. The normalized spacial score (nSPS) is 12.8. The molecule has 0 saturated heterocycles. The van der Waals surface area contributed by atoms with Crippen LogP contribution < -0.4 is 0 Å². The zero-order valence-corrected chi connectivity index (χ0v) is 10.9. The molecule has 0 spiro atoms. The molecule has 0 fully saturated rings. The number of rotatable bonds is 6. The molecule has 1 heterocycles. The summed E-state index contributed by atoms with van der Waals surface area (Å²) in [5.41, 5.74) is 2.14. The molecule has 0 N–H and O–H groups in total. The van der Waals surface area contributed by atoms with Gasteiger partial charge in [0.1, 0.15) is 0 Å². The number of benzene rings is 1. The van der Waals surface area contributed by atoms with E-state index in [0.717, 1.165) is 23.1 Å². The molecule has 0 radical (unpaired) electrons. The first-order chi connectivity index (χ1) is 8.81. The van der Waals surface area contributed by atoms with Gasteiger partial charge in [-0.1, -0.05) is 24.3 Å². The predicted molar refractivity (Wildman–Crippen MR) is 72.5 cm³/mol. The molecular formula is C15H19NO2. The smallest absolute Gasteiger partial charge is 0.0780 e. The van der Waals surface area contributed by atoms with Gasteiger partial charge in [0.15, 0.2) is 0 Å². The molecule has 96 valence electrons. The maximum absolute atomic E-state index is 5.68. The van der Waals surface area contributed by atoms with Crippen LogP contribution in [0.5, 0.6) is 0 Å². The highest BCUT2D eigenvalue weighted by atomic mass is 16.5. The summed E-state index contributed by atoms with van der Waals surface area (Å²) in [6.45, 7) is 5.92. The Bertz CT molecular complexity index is 493. The Hall–Kier alpha value is -1.45. The number of ether oxygens (including phenoxy) is 2. The van der Waals surface area contributed by atoms with Crippen LogP contribution in [-0.2, 0) is 16.1 Å². The van der Waals surface area contributed by atoms with Crippen molar-refractivity contribution in [3.8, 4) is 0 Å². The van der Waals surface area contributed by atoms with Gasteiger partial charge in [-0.05, 0) is 19.9 Å². The van der Waals surface area contributed by atoms with Crippen LogP contribution in [0.25, 0.3) is 10.9 Å². The van der Waals surface area contributed by atoms with Crippen molar-refractivity contribution in [3.63, 3.8) is 0 Å². The quantitative estimate of drug-likeness (QED) is 0.783. The Morgan fingerprint density at radius 3 is 2.89 bits per heavy atom. The van der Waals surface area contributed by atoms with Gasteiger partial charge >= 0.3 is 0 Å². The van der Waals surface area contributed by atoms with Gasteiger partial charge in [0.2, 0.25) is 0 Å². The van der Waals surface area contributed by atoms with Crippen LogP contribution in [0, 0.1) is 0 Å². The van der Waals surface area contributed by atoms with E-state index in [9.17, 15) is 0 Å². The number of aromatic nitrogens is 1. The lowest BCUT2D eigenvalue weighted by molar-refractivity contribution is -0.00690. The minimum absolute atomic E-state index is 0.137. The van der Waals surface area contributed by atoms with Crippen molar-refractivity contribution in [1.82, 2.24) is 4.98 Å². The highest BCUT2D eigenvalue weighted by Crippen LogP contribution is 2.16. The topological polar surface area (TPSA) is 31.4 Å². The monoisotopic (exact) mass is 245 g/mol. The van der Waals surface area contributed by atoms with Gasteiger partial charge in [-0.15, -0.1) is 0 Å². The fourth-order valence-corrected chi connectivity index (χ4v) is 1.95. The molecule has 1 aromatic heterocycles. The molecule has 2 rings (SSSR count). The molecule has 3 nitrogen and oxygen atoms in total. The molecular weight excluding hydrogens is 226 g/mol. The van der Waals surface area contributed by atoms with Crippen molar-refractivity contribution >= 4 is 10.9 Å². The summed E-state index contributed by atoms with van der Waals surface area (Å²) in [5.74, 6) is 0. The van der Waals surface area contributed by atoms with E-state index >= 15 is 0 Å². The SMILES string of the molecule is CCOC(C)COCc1cccc2cccnc12. The van der Waals surface area contributed by atoms with Gasteiger partial charge in [0.05, 0.1) is 24.8 Å². The van der Waals surface area contributed by atoms with Crippen LogP contribution in [0.2, 0.25) is 0 Å². The summed E-state index contributed by atoms with van der Waals surface area (Å²) in [5, 5.41) is 1.15. The van der Waals surface area contributed by atoms with Gasteiger partial charge in [0, 0.05) is 23.8 Å². The molecule has 0 amide bonds. The van der Waals surface area contributed by atoms with Crippen molar-refractivity contribution in [3.05, 3.63) is 42.1 Å². The van der Waals surface area contributed by atoms with E-state index in [1.54, 1.807) is 0 Å². The zero-order valence-electron chi connectivity index (χ0n) is 10.9. The second kappa shape index (κ2) is 6.47. The third-order valence-corrected chi connectivity index (χ3v) is 2.78. The average Bonchev–Trinajstić information content (AvgIpc) is 2.39. The van der Waals surface area contributed by atoms with Crippen LogP contribution >= 0.6 is 0 Å². The van der Waals surface area contributed by atoms with E-state index in [1.165, 1.54) is 0 Å². The Morgan fingerprint density at radius 1 is 1.22 bits per heavy atom. The summed E-state index contributed by atoms with van der Waals surface area (Å²) >= 11 is 0. The molecule has 18 heavy (non-hydrogen) atoms. The standard InChI is InChI=1S/C15H19NO2/c1-3-18-12(2)10-17-11-14-7-4-6-13-8-5-9-16-15(13)14/h4-9,12H,3,10-11H2,1-2H3. The molecule has 0 bridgehead atoms. The van der Waals surface area contributed by atoms with E-state index in [-0.39, 0.29) is 6.10 Å². The summed E-state index contributed by atoms with van der Waals surface area (Å²) in [4.78, 5) is 4.40. The summed E-state index contributed by atoms with van der Waals surface area (Å²) in [7, 11) is 0. The fraction of sp³-hybridized carbons (Fsp3) is 0.400.